The van der Waals surface area contributed by atoms with Crippen molar-refractivity contribution in [1.29, 1.82) is 0 Å². The molecule has 0 aliphatic carbocycles. The molecule has 1 N–H and O–H groups in total. The maximum Gasteiger partial charge on any atom is 0.271 e. The van der Waals surface area contributed by atoms with Gasteiger partial charge in [-0.1, -0.05) is 18.2 Å². The number of nitrogens with one attached hydrogen (secondary N) is 1. The summed E-state index contributed by atoms with van der Waals surface area (Å²) >= 11 is 0. The van der Waals surface area contributed by atoms with Crippen molar-refractivity contribution in [2.24, 2.45) is 0 Å². The number of carbonyl (C=O) groups excluding carboxylic acids is 1. The van der Waals surface area contributed by atoms with E-state index in [-0.39, 0.29) is 11.4 Å². The molecule has 94 valence electrons. The third-order valence-electron chi connectivity index (χ3n) is 1.97. The quantitative estimate of drug-likeness (QED) is 0.386. The Labute approximate surface area is 103 Å². The van der Waals surface area contributed by atoms with Crippen LogP contribution in [0.3, 0.4) is 0 Å². The zero-order chi connectivity index (χ0) is 13.5. The standard InChI is InChI=1S/C12H11FN2O3/c1-2-3-4-5-12(16)14-11-8-9(15(17)18)6-7-10(11)13/h2-8H,1H3,(H,14,16)/b3-2+,5-4+. The van der Waals surface area contributed by atoms with Crippen LogP contribution in [0.5, 0.6) is 0 Å². The van der Waals surface area contributed by atoms with Crippen LogP contribution in [0.4, 0.5) is 15.8 Å². The second kappa shape index (κ2) is 6.29. The summed E-state index contributed by atoms with van der Waals surface area (Å²) in [7, 11) is 0. The molecule has 0 unspecified atom stereocenters. The molecule has 0 radical (unpaired) electrons. The Balaban J connectivity index is 2.86. The largest absolute Gasteiger partial charge is 0.320 e. The number of hydrogen-bond donors (Lipinski definition) is 1. The predicted molar refractivity (Wildman–Crippen MR) is 65.6 cm³/mol. The van der Waals surface area contributed by atoms with Gasteiger partial charge in [0.1, 0.15) is 5.82 Å². The number of rotatable bonds is 4. The number of amides is 1. The fourth-order valence-corrected chi connectivity index (χ4v) is 1.15. The van der Waals surface area contributed by atoms with Crippen LogP contribution in [0, 0.1) is 15.9 Å². The van der Waals surface area contributed by atoms with E-state index < -0.39 is 16.6 Å². The summed E-state index contributed by atoms with van der Waals surface area (Å²) in [6, 6.07) is 2.93. The molecule has 0 spiro atoms. The first-order valence-corrected chi connectivity index (χ1v) is 5.09. The highest BCUT2D eigenvalue weighted by atomic mass is 19.1. The van der Waals surface area contributed by atoms with Crippen LogP contribution in [-0.2, 0) is 4.79 Å². The first-order chi connectivity index (χ1) is 8.54. The van der Waals surface area contributed by atoms with Gasteiger partial charge in [0.05, 0.1) is 10.6 Å². The Hall–Kier alpha value is -2.50. The molecule has 1 aromatic rings. The first kappa shape index (κ1) is 13.6. The van der Waals surface area contributed by atoms with E-state index in [1.807, 2.05) is 0 Å². The molecule has 0 bridgehead atoms. The van der Waals surface area contributed by atoms with Crippen LogP contribution in [0.2, 0.25) is 0 Å². The van der Waals surface area contributed by atoms with E-state index in [0.29, 0.717) is 0 Å². The topological polar surface area (TPSA) is 72.2 Å². The number of nitrogens with zero attached hydrogens (tertiary/aromatic N) is 1. The van der Waals surface area contributed by atoms with Gasteiger partial charge in [-0.15, -0.1) is 0 Å². The van der Waals surface area contributed by atoms with Crippen molar-refractivity contribution < 1.29 is 14.1 Å². The summed E-state index contributed by atoms with van der Waals surface area (Å²) in [6.07, 6.45) is 6.02. The van der Waals surface area contributed by atoms with Crippen molar-refractivity contribution in [2.75, 3.05) is 5.32 Å². The van der Waals surface area contributed by atoms with Crippen molar-refractivity contribution in [3.8, 4) is 0 Å². The molecule has 0 fully saturated rings. The van der Waals surface area contributed by atoms with E-state index in [0.717, 1.165) is 18.2 Å². The second-order valence-corrected chi connectivity index (χ2v) is 3.30. The van der Waals surface area contributed by atoms with Crippen LogP contribution in [0.15, 0.2) is 42.5 Å². The van der Waals surface area contributed by atoms with Gasteiger partial charge in [0, 0.05) is 18.2 Å². The van der Waals surface area contributed by atoms with Crippen LogP contribution >= 0.6 is 0 Å². The fraction of sp³-hybridized carbons (Fsp3) is 0.0833. The Morgan fingerprint density at radius 1 is 1.44 bits per heavy atom. The highest BCUT2D eigenvalue weighted by Gasteiger charge is 2.11. The van der Waals surface area contributed by atoms with E-state index in [1.54, 1.807) is 19.1 Å². The van der Waals surface area contributed by atoms with E-state index in [1.165, 1.54) is 12.2 Å². The molecule has 0 aromatic heterocycles. The van der Waals surface area contributed by atoms with Gasteiger partial charge in [0.2, 0.25) is 5.91 Å². The molecule has 0 saturated heterocycles. The molecule has 18 heavy (non-hydrogen) atoms. The summed E-state index contributed by atoms with van der Waals surface area (Å²) in [6.45, 7) is 1.78. The Morgan fingerprint density at radius 3 is 2.78 bits per heavy atom. The number of non-ortho nitro benzene ring substituents is 1. The van der Waals surface area contributed by atoms with E-state index in [9.17, 15) is 19.3 Å². The van der Waals surface area contributed by atoms with Gasteiger partial charge in [0.25, 0.3) is 5.69 Å². The number of nitro groups is 1. The molecule has 1 amide bonds. The van der Waals surface area contributed by atoms with Crippen molar-refractivity contribution in [2.45, 2.75) is 6.92 Å². The van der Waals surface area contributed by atoms with E-state index in [2.05, 4.69) is 5.32 Å². The molecule has 0 aliphatic heterocycles. The lowest BCUT2D eigenvalue weighted by Gasteiger charge is -2.03. The van der Waals surface area contributed by atoms with Crippen molar-refractivity contribution in [3.63, 3.8) is 0 Å². The number of carbonyl (C=O) groups is 1. The number of benzene rings is 1. The third kappa shape index (κ3) is 3.82. The van der Waals surface area contributed by atoms with Gasteiger partial charge >= 0.3 is 0 Å². The molecule has 0 atom stereocenters. The first-order valence-electron chi connectivity index (χ1n) is 5.09. The average molecular weight is 250 g/mol. The molecular formula is C12H11FN2O3. The Bertz CT molecular complexity index is 524. The lowest BCUT2D eigenvalue weighted by atomic mass is 10.2. The zero-order valence-corrected chi connectivity index (χ0v) is 9.59. The van der Waals surface area contributed by atoms with Crippen LogP contribution in [0.25, 0.3) is 0 Å². The maximum absolute atomic E-state index is 13.3. The number of hydrogen-bond acceptors (Lipinski definition) is 3. The van der Waals surface area contributed by atoms with Crippen LogP contribution < -0.4 is 5.32 Å². The van der Waals surface area contributed by atoms with Gasteiger partial charge in [-0.2, -0.15) is 0 Å². The predicted octanol–water partition coefficient (Wildman–Crippen LogP) is 2.80. The van der Waals surface area contributed by atoms with Gasteiger partial charge in [0.15, 0.2) is 0 Å². The average Bonchev–Trinajstić information content (AvgIpc) is 2.32. The zero-order valence-electron chi connectivity index (χ0n) is 9.59. The number of halogens is 1. The summed E-state index contributed by atoms with van der Waals surface area (Å²) in [5, 5.41) is 12.7. The molecule has 0 aliphatic rings. The number of anilines is 1. The molecule has 1 aromatic carbocycles. The monoisotopic (exact) mass is 250 g/mol. The second-order valence-electron chi connectivity index (χ2n) is 3.30. The number of allylic oxidation sites excluding steroid dienone is 3. The van der Waals surface area contributed by atoms with Gasteiger partial charge in [-0.25, -0.2) is 4.39 Å². The summed E-state index contributed by atoms with van der Waals surface area (Å²) in [5.74, 6) is -1.29. The maximum atomic E-state index is 13.3. The fourth-order valence-electron chi connectivity index (χ4n) is 1.15. The summed E-state index contributed by atoms with van der Waals surface area (Å²) in [4.78, 5) is 21.2. The lowest BCUT2D eigenvalue weighted by molar-refractivity contribution is -0.384. The highest BCUT2D eigenvalue weighted by molar-refractivity contribution is 5.99. The Morgan fingerprint density at radius 2 is 2.17 bits per heavy atom. The van der Waals surface area contributed by atoms with Gasteiger partial charge in [-0.05, 0) is 13.0 Å². The van der Waals surface area contributed by atoms with Crippen LogP contribution in [0.1, 0.15) is 6.92 Å². The normalized spacial score (nSPS) is 11.0. The highest BCUT2D eigenvalue weighted by Crippen LogP contribution is 2.21. The third-order valence-corrected chi connectivity index (χ3v) is 1.97. The molecule has 5 nitrogen and oxygen atoms in total. The molecule has 0 saturated carbocycles. The summed E-state index contributed by atoms with van der Waals surface area (Å²) < 4.78 is 13.3. The SMILES string of the molecule is C/C=C/C=C/C(=O)Nc1cc([N+](=O)[O-])ccc1F. The number of nitro benzene ring substituents is 1. The molecule has 0 heterocycles. The van der Waals surface area contributed by atoms with E-state index in [4.69, 9.17) is 0 Å². The van der Waals surface area contributed by atoms with Crippen LogP contribution in [-0.4, -0.2) is 10.8 Å². The molecule has 1 rings (SSSR count). The van der Waals surface area contributed by atoms with Crippen molar-refractivity contribution in [3.05, 3.63) is 58.4 Å². The minimum Gasteiger partial charge on any atom is -0.320 e. The minimum absolute atomic E-state index is 0.223. The van der Waals surface area contributed by atoms with E-state index >= 15 is 0 Å². The van der Waals surface area contributed by atoms with Crippen molar-refractivity contribution >= 4 is 17.3 Å². The Kier molecular flexibility index (Phi) is 4.74. The smallest absolute Gasteiger partial charge is 0.271 e. The summed E-state index contributed by atoms with van der Waals surface area (Å²) in [5.41, 5.74) is -0.511. The van der Waals surface area contributed by atoms with Crippen molar-refractivity contribution in [1.82, 2.24) is 0 Å². The molecule has 6 heteroatoms. The van der Waals surface area contributed by atoms with Gasteiger partial charge < -0.3 is 5.32 Å². The minimum atomic E-state index is -0.728. The lowest BCUT2D eigenvalue weighted by Crippen LogP contribution is -2.09. The van der Waals surface area contributed by atoms with Gasteiger partial charge in [-0.3, -0.25) is 14.9 Å². The molecular weight excluding hydrogens is 239 g/mol.